The first-order valence-electron chi connectivity index (χ1n) is 8.62. The van der Waals surface area contributed by atoms with Crippen LogP contribution in [0.1, 0.15) is 36.7 Å². The van der Waals surface area contributed by atoms with E-state index in [1.807, 2.05) is 26.8 Å². The zero-order valence-corrected chi connectivity index (χ0v) is 16.6. The molecule has 7 heteroatoms. The molecular weight excluding hydrogens is 370 g/mol. The van der Waals surface area contributed by atoms with Crippen LogP contribution in [0.4, 0.5) is 5.69 Å². The molecule has 0 amide bonds. The van der Waals surface area contributed by atoms with Crippen molar-refractivity contribution in [1.82, 2.24) is 0 Å². The molecule has 2 aromatic rings. The monoisotopic (exact) mass is 393 g/mol. The molecule has 2 rings (SSSR count). The summed E-state index contributed by atoms with van der Waals surface area (Å²) in [5, 5.41) is 12.8. The molecule has 27 heavy (non-hydrogen) atoms. The van der Waals surface area contributed by atoms with Gasteiger partial charge in [0.05, 0.1) is 36.1 Å². The second-order valence-corrected chi connectivity index (χ2v) is 6.49. The van der Waals surface area contributed by atoms with Crippen molar-refractivity contribution in [3.05, 3.63) is 46.5 Å². The number of ether oxygens (including phenoxy) is 3. The summed E-state index contributed by atoms with van der Waals surface area (Å²) in [5.74, 6) is 0.637. The van der Waals surface area contributed by atoms with E-state index in [2.05, 4.69) is 5.32 Å². The van der Waals surface area contributed by atoms with Crippen molar-refractivity contribution in [2.24, 2.45) is 0 Å². The van der Waals surface area contributed by atoms with Crippen molar-refractivity contribution >= 4 is 23.3 Å². The zero-order chi connectivity index (χ0) is 20.0. The van der Waals surface area contributed by atoms with Crippen LogP contribution in [-0.4, -0.2) is 30.9 Å². The maximum absolute atomic E-state index is 11.2. The van der Waals surface area contributed by atoms with Crippen LogP contribution in [-0.2, 0) is 6.54 Å². The van der Waals surface area contributed by atoms with Gasteiger partial charge in [0.1, 0.15) is 5.75 Å². The molecule has 6 nitrogen and oxygen atoms in total. The van der Waals surface area contributed by atoms with E-state index < -0.39 is 5.97 Å². The number of carboxylic acids is 1. The molecule has 0 unspecified atom stereocenters. The van der Waals surface area contributed by atoms with Crippen molar-refractivity contribution in [3.63, 3.8) is 0 Å². The molecule has 0 aliphatic rings. The van der Waals surface area contributed by atoms with Crippen LogP contribution in [0.2, 0.25) is 5.02 Å². The van der Waals surface area contributed by atoms with Gasteiger partial charge in [-0.1, -0.05) is 11.6 Å². The number of benzene rings is 2. The highest BCUT2D eigenvalue weighted by Crippen LogP contribution is 2.38. The molecule has 0 aromatic heterocycles. The minimum absolute atomic E-state index is 0.0336. The van der Waals surface area contributed by atoms with Gasteiger partial charge in [-0.2, -0.15) is 0 Å². The van der Waals surface area contributed by atoms with Gasteiger partial charge in [-0.25, -0.2) is 4.79 Å². The third-order valence-corrected chi connectivity index (χ3v) is 3.93. The van der Waals surface area contributed by atoms with Gasteiger partial charge in [0.2, 0.25) is 0 Å². The molecule has 0 aliphatic heterocycles. The molecule has 0 saturated heterocycles. The number of halogens is 1. The Kier molecular flexibility index (Phi) is 7.19. The number of carboxylic acid groups (broad SMARTS) is 1. The Morgan fingerprint density at radius 3 is 2.56 bits per heavy atom. The van der Waals surface area contributed by atoms with Crippen LogP contribution in [0, 0.1) is 0 Å². The zero-order valence-electron chi connectivity index (χ0n) is 15.8. The van der Waals surface area contributed by atoms with E-state index in [-0.39, 0.29) is 11.7 Å². The Balaban J connectivity index is 2.27. The summed E-state index contributed by atoms with van der Waals surface area (Å²) in [6.45, 7) is 6.62. The van der Waals surface area contributed by atoms with Gasteiger partial charge >= 0.3 is 5.97 Å². The lowest BCUT2D eigenvalue weighted by Gasteiger charge is -2.18. The molecule has 0 atom stereocenters. The predicted octanol–water partition coefficient (Wildman–Crippen LogP) is 4.84. The van der Waals surface area contributed by atoms with Gasteiger partial charge in [0.25, 0.3) is 0 Å². The molecule has 0 aliphatic carbocycles. The normalized spacial score (nSPS) is 10.6. The van der Waals surface area contributed by atoms with Crippen molar-refractivity contribution in [2.75, 3.05) is 19.0 Å². The van der Waals surface area contributed by atoms with E-state index in [0.29, 0.717) is 41.1 Å². The Labute approximate surface area is 164 Å². The first kappa shape index (κ1) is 20.7. The summed E-state index contributed by atoms with van der Waals surface area (Å²) < 4.78 is 16.7. The summed E-state index contributed by atoms with van der Waals surface area (Å²) in [4.78, 5) is 11.2. The number of hydrogen-bond donors (Lipinski definition) is 2. The first-order valence-corrected chi connectivity index (χ1v) is 9.00. The molecule has 2 N–H and O–H groups in total. The van der Waals surface area contributed by atoms with Crippen molar-refractivity contribution in [1.29, 1.82) is 0 Å². The lowest BCUT2D eigenvalue weighted by Crippen LogP contribution is -2.09. The lowest BCUT2D eigenvalue weighted by atomic mass is 10.1. The number of carbonyl (C=O) groups is 1. The van der Waals surface area contributed by atoms with Crippen molar-refractivity contribution < 1.29 is 24.1 Å². The SMILES string of the molecule is CCOc1cc(CNc2cc(C(=O)O)ccc2OC)cc(Cl)c1OC(C)C. The highest BCUT2D eigenvalue weighted by molar-refractivity contribution is 6.32. The first-order chi connectivity index (χ1) is 12.8. The second kappa shape index (κ2) is 9.37. The van der Waals surface area contributed by atoms with E-state index in [1.165, 1.54) is 19.2 Å². The molecule has 0 radical (unpaired) electrons. The van der Waals surface area contributed by atoms with Crippen molar-refractivity contribution in [2.45, 2.75) is 33.4 Å². The summed E-state index contributed by atoms with van der Waals surface area (Å²) in [5.41, 5.74) is 1.61. The third-order valence-electron chi connectivity index (χ3n) is 3.65. The molecule has 0 spiro atoms. The summed E-state index contributed by atoms with van der Waals surface area (Å²) in [6.07, 6.45) is -0.0336. The number of rotatable bonds is 9. The maximum atomic E-state index is 11.2. The van der Waals surface area contributed by atoms with Gasteiger partial charge in [0, 0.05) is 6.54 Å². The van der Waals surface area contributed by atoms with E-state index in [4.69, 9.17) is 25.8 Å². The maximum Gasteiger partial charge on any atom is 0.335 e. The van der Waals surface area contributed by atoms with Crippen molar-refractivity contribution in [3.8, 4) is 17.2 Å². The molecule has 0 heterocycles. The van der Waals surface area contributed by atoms with E-state index >= 15 is 0 Å². The fourth-order valence-corrected chi connectivity index (χ4v) is 2.79. The fourth-order valence-electron chi connectivity index (χ4n) is 2.51. The Bertz CT molecular complexity index is 807. The van der Waals surface area contributed by atoms with E-state index in [1.54, 1.807) is 12.1 Å². The van der Waals surface area contributed by atoms with Crippen LogP contribution in [0.25, 0.3) is 0 Å². The van der Waals surface area contributed by atoms with Gasteiger partial charge in [-0.3, -0.25) is 0 Å². The minimum atomic E-state index is -1.00. The van der Waals surface area contributed by atoms with Gasteiger partial charge < -0.3 is 24.6 Å². The Morgan fingerprint density at radius 2 is 1.96 bits per heavy atom. The molecule has 146 valence electrons. The molecule has 2 aromatic carbocycles. The summed E-state index contributed by atoms with van der Waals surface area (Å²) in [7, 11) is 1.53. The van der Waals surface area contributed by atoms with E-state index in [0.717, 1.165) is 5.56 Å². The van der Waals surface area contributed by atoms with Crippen LogP contribution < -0.4 is 19.5 Å². The van der Waals surface area contributed by atoms with E-state index in [9.17, 15) is 9.90 Å². The quantitative estimate of drug-likeness (QED) is 0.634. The third kappa shape index (κ3) is 5.44. The second-order valence-electron chi connectivity index (χ2n) is 6.08. The average molecular weight is 394 g/mol. The van der Waals surface area contributed by atoms with Gasteiger partial charge in [0.15, 0.2) is 11.5 Å². The van der Waals surface area contributed by atoms with Crippen LogP contribution in [0.3, 0.4) is 0 Å². The number of hydrogen-bond acceptors (Lipinski definition) is 5. The smallest absolute Gasteiger partial charge is 0.335 e. The summed E-state index contributed by atoms with van der Waals surface area (Å²) in [6, 6.07) is 8.29. The lowest BCUT2D eigenvalue weighted by molar-refractivity contribution is 0.0697. The van der Waals surface area contributed by atoms with Gasteiger partial charge in [-0.15, -0.1) is 0 Å². The fraction of sp³-hybridized carbons (Fsp3) is 0.350. The van der Waals surface area contributed by atoms with Crippen LogP contribution >= 0.6 is 11.6 Å². The highest BCUT2D eigenvalue weighted by Gasteiger charge is 2.15. The number of anilines is 1. The Morgan fingerprint density at radius 1 is 1.22 bits per heavy atom. The van der Waals surface area contributed by atoms with Gasteiger partial charge in [-0.05, 0) is 56.7 Å². The average Bonchev–Trinajstić information content (AvgIpc) is 2.62. The topological polar surface area (TPSA) is 77.0 Å². The highest BCUT2D eigenvalue weighted by atomic mass is 35.5. The minimum Gasteiger partial charge on any atom is -0.495 e. The van der Waals surface area contributed by atoms with Crippen LogP contribution in [0.5, 0.6) is 17.2 Å². The number of nitrogens with one attached hydrogen (secondary N) is 1. The van der Waals surface area contributed by atoms with Crippen LogP contribution in [0.15, 0.2) is 30.3 Å². The summed E-state index contributed by atoms with van der Waals surface area (Å²) >= 11 is 6.39. The number of aromatic carboxylic acids is 1. The largest absolute Gasteiger partial charge is 0.495 e. The standard InChI is InChI=1S/C20H24ClNO5/c1-5-26-18-9-13(8-15(21)19(18)27-12(2)3)11-22-16-10-14(20(23)24)6-7-17(16)25-4/h6-10,12,22H,5,11H2,1-4H3,(H,23,24). The predicted molar refractivity (Wildman–Crippen MR) is 106 cm³/mol. The molecule has 0 saturated carbocycles. The molecule has 0 fully saturated rings. The number of methoxy groups -OCH3 is 1. The molecular formula is C20H24ClNO5. The molecule has 0 bridgehead atoms. The Hall–Kier alpha value is -2.60.